The van der Waals surface area contributed by atoms with Gasteiger partial charge in [0.1, 0.15) is 11.9 Å². The number of Topliss-reactive ketones (excluding diaryl/α,β-unsaturated/α-hetero) is 1. The number of carbonyl (C=O) groups excluding carboxylic acids is 1. The quantitative estimate of drug-likeness (QED) is 0.565. The molecule has 2 aromatic carbocycles. The highest BCUT2D eigenvalue weighted by atomic mass is 19.1. The number of methoxy groups -OCH3 is 3. The number of fused-ring (bicyclic) bond motifs is 1. The SMILES string of the molecule is COc1cc(-c2nc3n(n2)C(c2ccc(F)cc2)C2=C(CC(C)(C)CC2=O)N3)cc(OC)c1OC. The number of rotatable bonds is 5. The Morgan fingerprint density at radius 2 is 1.69 bits per heavy atom. The van der Waals surface area contributed by atoms with Crippen LogP contribution in [0.1, 0.15) is 38.3 Å². The summed E-state index contributed by atoms with van der Waals surface area (Å²) in [7, 11) is 4.63. The summed E-state index contributed by atoms with van der Waals surface area (Å²) in [5, 5.41) is 8.13. The second kappa shape index (κ2) is 8.41. The molecule has 9 heteroatoms. The number of halogens is 1. The van der Waals surface area contributed by atoms with Crippen LogP contribution in [0.5, 0.6) is 17.2 Å². The molecule has 0 bridgehead atoms. The number of ether oxygens (including phenoxy) is 3. The van der Waals surface area contributed by atoms with E-state index in [4.69, 9.17) is 24.3 Å². The van der Waals surface area contributed by atoms with Crippen molar-refractivity contribution < 1.29 is 23.4 Å². The topological polar surface area (TPSA) is 87.5 Å². The van der Waals surface area contributed by atoms with Gasteiger partial charge in [0.05, 0.1) is 21.3 Å². The van der Waals surface area contributed by atoms with Crippen molar-refractivity contribution in [1.82, 2.24) is 14.8 Å². The first-order chi connectivity index (χ1) is 16.7. The molecule has 0 fully saturated rings. The summed E-state index contributed by atoms with van der Waals surface area (Å²) < 4.78 is 31.8. The zero-order valence-electron chi connectivity index (χ0n) is 20.3. The molecule has 35 heavy (non-hydrogen) atoms. The summed E-state index contributed by atoms with van der Waals surface area (Å²) in [6.45, 7) is 4.15. The van der Waals surface area contributed by atoms with E-state index >= 15 is 0 Å². The van der Waals surface area contributed by atoms with Crippen LogP contribution in [0, 0.1) is 11.2 Å². The van der Waals surface area contributed by atoms with Crippen molar-refractivity contribution in [3.8, 4) is 28.6 Å². The molecule has 2 aliphatic rings. The predicted octanol–water partition coefficient (Wildman–Crippen LogP) is 4.77. The van der Waals surface area contributed by atoms with Crippen LogP contribution < -0.4 is 19.5 Å². The first kappa shape index (κ1) is 22.9. The van der Waals surface area contributed by atoms with Crippen molar-refractivity contribution in [3.63, 3.8) is 0 Å². The smallest absolute Gasteiger partial charge is 0.226 e. The first-order valence-corrected chi connectivity index (χ1v) is 11.3. The Bertz CT molecular complexity index is 1320. The molecule has 1 atom stereocenters. The fraction of sp³-hybridized carbons (Fsp3) is 0.346. The van der Waals surface area contributed by atoms with Gasteiger partial charge in [0, 0.05) is 23.3 Å². The Morgan fingerprint density at radius 3 is 2.29 bits per heavy atom. The number of benzene rings is 2. The van der Waals surface area contributed by atoms with Gasteiger partial charge < -0.3 is 19.5 Å². The van der Waals surface area contributed by atoms with E-state index in [-0.39, 0.29) is 17.0 Å². The van der Waals surface area contributed by atoms with Crippen LogP contribution in [0.25, 0.3) is 11.4 Å². The highest BCUT2D eigenvalue weighted by Gasteiger charge is 2.42. The van der Waals surface area contributed by atoms with E-state index in [0.29, 0.717) is 53.0 Å². The van der Waals surface area contributed by atoms with Gasteiger partial charge in [-0.2, -0.15) is 4.98 Å². The van der Waals surface area contributed by atoms with Gasteiger partial charge in [0.15, 0.2) is 23.1 Å². The van der Waals surface area contributed by atoms with E-state index in [1.54, 1.807) is 50.3 Å². The summed E-state index contributed by atoms with van der Waals surface area (Å²) in [5.41, 5.74) is 2.71. The molecule has 0 saturated carbocycles. The lowest BCUT2D eigenvalue weighted by Gasteiger charge is -2.38. The second-order valence-corrected chi connectivity index (χ2v) is 9.53. The average Bonchev–Trinajstić information content (AvgIpc) is 3.25. The number of hydrogen-bond donors (Lipinski definition) is 1. The normalized spacial score (nSPS) is 18.5. The fourth-order valence-corrected chi connectivity index (χ4v) is 4.89. The average molecular weight is 479 g/mol. The van der Waals surface area contributed by atoms with Crippen LogP contribution in [-0.2, 0) is 4.79 Å². The van der Waals surface area contributed by atoms with Crippen LogP contribution in [0.4, 0.5) is 10.3 Å². The Kier molecular flexibility index (Phi) is 5.50. The molecule has 1 aliphatic heterocycles. The molecule has 1 aromatic heterocycles. The molecular weight excluding hydrogens is 451 g/mol. The minimum Gasteiger partial charge on any atom is -0.493 e. The number of ketones is 1. The molecule has 0 spiro atoms. The van der Waals surface area contributed by atoms with Crippen LogP contribution in [0.15, 0.2) is 47.7 Å². The Balaban J connectivity index is 1.67. The molecule has 1 aliphatic carbocycles. The Morgan fingerprint density at radius 1 is 1.03 bits per heavy atom. The molecule has 0 radical (unpaired) electrons. The molecule has 1 unspecified atom stereocenters. The largest absolute Gasteiger partial charge is 0.493 e. The van der Waals surface area contributed by atoms with Gasteiger partial charge in [0.25, 0.3) is 0 Å². The maximum Gasteiger partial charge on any atom is 0.226 e. The maximum atomic E-state index is 13.7. The number of aromatic nitrogens is 3. The number of hydrogen-bond acceptors (Lipinski definition) is 7. The molecule has 8 nitrogen and oxygen atoms in total. The molecule has 0 saturated heterocycles. The van der Waals surface area contributed by atoms with Crippen LogP contribution in [-0.4, -0.2) is 41.9 Å². The Labute approximate surface area is 202 Å². The summed E-state index contributed by atoms with van der Waals surface area (Å²) in [6, 6.07) is 9.20. The van der Waals surface area contributed by atoms with Crippen LogP contribution in [0.3, 0.4) is 0 Å². The number of nitrogens with one attached hydrogen (secondary N) is 1. The Hall–Kier alpha value is -3.88. The van der Waals surface area contributed by atoms with Crippen LogP contribution in [0.2, 0.25) is 0 Å². The van der Waals surface area contributed by atoms with Crippen molar-refractivity contribution >= 4 is 11.7 Å². The van der Waals surface area contributed by atoms with Crippen molar-refractivity contribution in [3.05, 3.63) is 59.0 Å². The van der Waals surface area contributed by atoms with Gasteiger partial charge in [0.2, 0.25) is 11.7 Å². The third-order valence-electron chi connectivity index (χ3n) is 6.44. The molecule has 182 valence electrons. The third kappa shape index (κ3) is 3.90. The van der Waals surface area contributed by atoms with Gasteiger partial charge in [-0.05, 0) is 41.7 Å². The number of anilines is 1. The lowest BCUT2D eigenvalue weighted by atomic mass is 9.73. The lowest BCUT2D eigenvalue weighted by molar-refractivity contribution is -0.118. The van der Waals surface area contributed by atoms with E-state index < -0.39 is 6.04 Å². The van der Waals surface area contributed by atoms with Crippen molar-refractivity contribution in [2.45, 2.75) is 32.7 Å². The fourth-order valence-electron chi connectivity index (χ4n) is 4.89. The summed E-state index contributed by atoms with van der Waals surface area (Å²) in [4.78, 5) is 18.1. The molecule has 5 rings (SSSR count). The lowest BCUT2D eigenvalue weighted by Crippen LogP contribution is -2.36. The van der Waals surface area contributed by atoms with Gasteiger partial charge in [-0.15, -0.1) is 5.10 Å². The van der Waals surface area contributed by atoms with Gasteiger partial charge in [-0.3, -0.25) is 4.79 Å². The number of carbonyl (C=O) groups is 1. The van der Waals surface area contributed by atoms with Crippen LogP contribution >= 0.6 is 0 Å². The molecule has 0 amide bonds. The highest BCUT2D eigenvalue weighted by molar-refractivity contribution is 6.00. The summed E-state index contributed by atoms with van der Waals surface area (Å²) in [6.07, 6.45) is 1.12. The van der Waals surface area contributed by atoms with E-state index in [9.17, 15) is 9.18 Å². The van der Waals surface area contributed by atoms with Crippen molar-refractivity contribution in [2.24, 2.45) is 5.41 Å². The minimum absolute atomic E-state index is 0.0496. The van der Waals surface area contributed by atoms with Gasteiger partial charge >= 0.3 is 0 Å². The second-order valence-electron chi connectivity index (χ2n) is 9.53. The molecule has 2 heterocycles. The van der Waals surface area contributed by atoms with E-state index in [1.165, 1.54) is 12.1 Å². The van der Waals surface area contributed by atoms with Gasteiger partial charge in [-0.1, -0.05) is 26.0 Å². The first-order valence-electron chi connectivity index (χ1n) is 11.3. The highest BCUT2D eigenvalue weighted by Crippen LogP contribution is 2.46. The summed E-state index contributed by atoms with van der Waals surface area (Å²) >= 11 is 0. The monoisotopic (exact) mass is 478 g/mol. The van der Waals surface area contributed by atoms with E-state index in [2.05, 4.69) is 19.2 Å². The maximum absolute atomic E-state index is 13.7. The zero-order chi connectivity index (χ0) is 24.9. The molecular formula is C26H27FN4O4. The predicted molar refractivity (Wildman–Crippen MR) is 128 cm³/mol. The van der Waals surface area contributed by atoms with E-state index in [1.807, 2.05) is 0 Å². The van der Waals surface area contributed by atoms with Crippen molar-refractivity contribution in [2.75, 3.05) is 26.6 Å². The minimum atomic E-state index is -0.520. The third-order valence-corrected chi connectivity index (χ3v) is 6.44. The van der Waals surface area contributed by atoms with E-state index in [0.717, 1.165) is 11.3 Å². The number of allylic oxidation sites excluding steroid dienone is 2. The zero-order valence-corrected chi connectivity index (χ0v) is 20.3. The van der Waals surface area contributed by atoms with Crippen molar-refractivity contribution in [1.29, 1.82) is 0 Å². The molecule has 3 aromatic rings. The standard InChI is InChI=1S/C26H27FN4O4/c1-26(2)12-17-21(18(32)13-26)22(14-6-8-16(27)9-7-14)31-25(28-17)29-24(30-31)15-10-19(33-3)23(35-5)20(11-15)34-4/h6-11,22H,12-13H2,1-5H3,(H,28,29,30). The van der Waals surface area contributed by atoms with Gasteiger partial charge in [-0.25, -0.2) is 9.07 Å². The summed E-state index contributed by atoms with van der Waals surface area (Å²) in [5.74, 6) is 2.06. The molecule has 1 N–H and O–H groups in total. The number of nitrogens with zero attached hydrogens (tertiary/aromatic N) is 3.